The molecule has 6 nitrogen and oxygen atoms in total. The lowest BCUT2D eigenvalue weighted by Gasteiger charge is -2.47. The third-order valence-electron chi connectivity index (χ3n) is 6.60. The number of fused-ring (bicyclic) bond motifs is 2. The zero-order valence-electron chi connectivity index (χ0n) is 19.0. The van der Waals surface area contributed by atoms with Gasteiger partial charge in [0.15, 0.2) is 0 Å². The molecule has 3 aliphatic carbocycles. The van der Waals surface area contributed by atoms with Crippen molar-refractivity contribution in [3.05, 3.63) is 99.0 Å². The molecule has 0 radical (unpaired) electrons. The second kappa shape index (κ2) is 11.1. The largest absolute Gasteiger partial charge is 0.365 e. The minimum absolute atomic E-state index is 0.0739. The topological polar surface area (TPSA) is 73.3 Å². The van der Waals surface area contributed by atoms with Crippen molar-refractivity contribution < 1.29 is 13.6 Å². The molecule has 1 saturated carbocycles. The fourth-order valence-corrected chi connectivity index (χ4v) is 7.91. The lowest BCUT2D eigenvalue weighted by Crippen LogP contribution is -2.50. The standard InChI is InChI=1S/C26H26ClIN3O3P/c27-26-29-15-22(28)25(31-26)30-23-20-11-13-21(14-12-20)24(23)35(32,33-16-18-7-3-1-4-8-18)34-17-19-9-5-2-6-10-19/h1-11,13,15,20-21,23-24H,12,14,16-17H2,(H,29,30,31). The van der Waals surface area contributed by atoms with Gasteiger partial charge in [-0.25, -0.2) is 4.98 Å². The predicted octanol–water partition coefficient (Wildman–Crippen LogP) is 7.11. The van der Waals surface area contributed by atoms with Gasteiger partial charge in [0.05, 0.1) is 22.4 Å². The summed E-state index contributed by atoms with van der Waals surface area (Å²) in [5.74, 6) is 0.896. The lowest BCUT2D eigenvalue weighted by molar-refractivity contribution is 0.161. The van der Waals surface area contributed by atoms with Crippen LogP contribution in [0.2, 0.25) is 5.28 Å². The molecule has 0 spiro atoms. The Kier molecular flexibility index (Phi) is 7.89. The SMILES string of the molecule is O=P(OCc1ccccc1)(OCc1ccccc1)C1C2C=CC(CC2)C1Nc1nc(Cl)ncc1I. The van der Waals surface area contributed by atoms with Crippen LogP contribution in [0, 0.1) is 15.4 Å². The lowest BCUT2D eigenvalue weighted by atomic mass is 9.72. The molecule has 2 aromatic carbocycles. The molecule has 4 atom stereocenters. The Balaban J connectivity index is 1.47. The van der Waals surface area contributed by atoms with E-state index in [-0.39, 0.29) is 42.0 Å². The predicted molar refractivity (Wildman–Crippen MR) is 146 cm³/mol. The number of rotatable bonds is 9. The summed E-state index contributed by atoms with van der Waals surface area (Å²) >= 11 is 8.28. The molecule has 0 aliphatic heterocycles. The molecular weight excluding hydrogens is 596 g/mol. The van der Waals surface area contributed by atoms with E-state index in [4.69, 9.17) is 20.6 Å². The second-order valence-corrected chi connectivity index (χ2v) is 12.5. The normalized spacial score (nSPS) is 23.4. The molecule has 3 aromatic rings. The summed E-state index contributed by atoms with van der Waals surface area (Å²) in [7, 11) is -3.58. The number of nitrogens with zero attached hydrogens (tertiary/aromatic N) is 2. The molecule has 3 aliphatic rings. The third kappa shape index (κ3) is 5.81. The van der Waals surface area contributed by atoms with Gasteiger partial charge in [0.1, 0.15) is 5.82 Å². The van der Waals surface area contributed by atoms with Crippen molar-refractivity contribution in [2.75, 3.05) is 5.32 Å². The fraction of sp³-hybridized carbons (Fsp3) is 0.308. The Morgan fingerprint density at radius 3 is 2.09 bits per heavy atom. The summed E-state index contributed by atoms with van der Waals surface area (Å²) < 4.78 is 28.0. The molecule has 1 N–H and O–H groups in total. The molecule has 35 heavy (non-hydrogen) atoms. The van der Waals surface area contributed by atoms with Crippen molar-refractivity contribution in [1.82, 2.24) is 9.97 Å². The van der Waals surface area contributed by atoms with Crippen LogP contribution in [-0.4, -0.2) is 21.7 Å². The second-order valence-electron chi connectivity index (χ2n) is 8.84. The van der Waals surface area contributed by atoms with E-state index >= 15 is 0 Å². The van der Waals surface area contributed by atoms with Crippen LogP contribution in [0.3, 0.4) is 0 Å². The quantitative estimate of drug-likeness (QED) is 0.119. The van der Waals surface area contributed by atoms with E-state index in [0.717, 1.165) is 27.5 Å². The molecule has 9 heteroatoms. The first kappa shape index (κ1) is 24.9. The van der Waals surface area contributed by atoms with Crippen LogP contribution in [0.1, 0.15) is 24.0 Å². The molecule has 6 rings (SSSR count). The summed E-state index contributed by atoms with van der Waals surface area (Å²) in [6.45, 7) is 0.433. The van der Waals surface area contributed by atoms with E-state index in [2.05, 4.69) is 50.0 Å². The summed E-state index contributed by atoms with van der Waals surface area (Å²) in [6, 6.07) is 19.4. The Bertz CT molecular complexity index is 1180. The van der Waals surface area contributed by atoms with Crippen LogP contribution in [0.15, 0.2) is 79.0 Å². The fourth-order valence-electron chi connectivity index (χ4n) is 4.88. The Labute approximate surface area is 224 Å². The van der Waals surface area contributed by atoms with E-state index in [0.29, 0.717) is 5.82 Å². The zero-order chi connectivity index (χ0) is 24.3. The van der Waals surface area contributed by atoms with Crippen LogP contribution in [-0.2, 0) is 26.8 Å². The van der Waals surface area contributed by atoms with Gasteiger partial charge in [0, 0.05) is 12.2 Å². The monoisotopic (exact) mass is 621 g/mol. The molecule has 1 heterocycles. The van der Waals surface area contributed by atoms with Crippen molar-refractivity contribution in [3.8, 4) is 0 Å². The average molecular weight is 622 g/mol. The Morgan fingerprint density at radius 2 is 1.51 bits per heavy atom. The van der Waals surface area contributed by atoms with Crippen LogP contribution in [0.5, 0.6) is 0 Å². The third-order valence-corrected chi connectivity index (χ3v) is 9.98. The van der Waals surface area contributed by atoms with Gasteiger partial charge in [-0.05, 0) is 70.0 Å². The summed E-state index contributed by atoms with van der Waals surface area (Å²) in [5, 5.41) is 3.72. The van der Waals surface area contributed by atoms with Crippen molar-refractivity contribution >= 4 is 47.6 Å². The molecule has 0 saturated heterocycles. The molecule has 1 aromatic heterocycles. The summed E-state index contributed by atoms with van der Waals surface area (Å²) in [4.78, 5) is 8.46. The first-order valence-corrected chi connectivity index (χ1v) is 14.7. The number of nitrogens with one attached hydrogen (secondary N) is 1. The highest BCUT2D eigenvalue weighted by Gasteiger charge is 2.52. The van der Waals surface area contributed by atoms with E-state index < -0.39 is 7.60 Å². The molecule has 0 amide bonds. The highest BCUT2D eigenvalue weighted by atomic mass is 127. The van der Waals surface area contributed by atoms with Crippen LogP contribution < -0.4 is 5.32 Å². The number of hydrogen-bond donors (Lipinski definition) is 1. The maximum atomic E-state index is 14.7. The van der Waals surface area contributed by atoms with Crippen molar-refractivity contribution in [3.63, 3.8) is 0 Å². The minimum atomic E-state index is -3.58. The maximum absolute atomic E-state index is 14.7. The number of allylic oxidation sites excluding steroid dienone is 1. The van der Waals surface area contributed by atoms with E-state index in [9.17, 15) is 4.57 Å². The van der Waals surface area contributed by atoms with Crippen molar-refractivity contribution in [2.45, 2.75) is 37.8 Å². The van der Waals surface area contributed by atoms with Gasteiger partial charge >= 0.3 is 7.60 Å². The number of hydrogen-bond acceptors (Lipinski definition) is 6. The maximum Gasteiger partial charge on any atom is 0.337 e. The first-order chi connectivity index (χ1) is 17.0. The Hall–Kier alpha value is -1.77. The molecule has 2 bridgehead atoms. The number of anilines is 1. The van der Waals surface area contributed by atoms with Gasteiger partial charge < -0.3 is 14.4 Å². The van der Waals surface area contributed by atoms with Gasteiger partial charge in [-0.3, -0.25) is 4.57 Å². The zero-order valence-corrected chi connectivity index (χ0v) is 22.8. The minimum Gasteiger partial charge on any atom is -0.365 e. The Morgan fingerprint density at radius 1 is 0.943 bits per heavy atom. The van der Waals surface area contributed by atoms with Gasteiger partial charge in [-0.2, -0.15) is 4.98 Å². The molecule has 182 valence electrons. The summed E-state index contributed by atoms with van der Waals surface area (Å²) in [5.41, 5.74) is 1.55. The van der Waals surface area contributed by atoms with Crippen molar-refractivity contribution in [1.29, 1.82) is 0 Å². The van der Waals surface area contributed by atoms with Gasteiger partial charge in [-0.1, -0.05) is 72.8 Å². The van der Waals surface area contributed by atoms with Crippen LogP contribution in [0.25, 0.3) is 0 Å². The highest BCUT2D eigenvalue weighted by molar-refractivity contribution is 14.1. The van der Waals surface area contributed by atoms with Crippen LogP contribution in [0.4, 0.5) is 5.82 Å². The smallest absolute Gasteiger partial charge is 0.337 e. The van der Waals surface area contributed by atoms with E-state index in [1.54, 1.807) is 6.20 Å². The first-order valence-electron chi connectivity index (χ1n) is 11.6. The van der Waals surface area contributed by atoms with Gasteiger partial charge in [0.2, 0.25) is 5.28 Å². The van der Waals surface area contributed by atoms with Crippen molar-refractivity contribution in [2.24, 2.45) is 11.8 Å². The average Bonchev–Trinajstić information content (AvgIpc) is 2.90. The van der Waals surface area contributed by atoms with E-state index in [1.165, 1.54) is 0 Å². The summed E-state index contributed by atoms with van der Waals surface area (Å²) in [6.07, 6.45) is 8.03. The number of halogens is 2. The van der Waals surface area contributed by atoms with Gasteiger partial charge in [-0.15, -0.1) is 0 Å². The molecular formula is C26H26ClIN3O3P. The van der Waals surface area contributed by atoms with Crippen LogP contribution >= 0.6 is 41.8 Å². The number of benzene rings is 2. The highest BCUT2D eigenvalue weighted by Crippen LogP contribution is 2.62. The van der Waals surface area contributed by atoms with Gasteiger partial charge in [0.25, 0.3) is 0 Å². The number of aromatic nitrogens is 2. The van der Waals surface area contributed by atoms with E-state index in [1.807, 2.05) is 60.7 Å². The molecule has 4 unspecified atom stereocenters. The molecule has 1 fully saturated rings.